The van der Waals surface area contributed by atoms with E-state index in [1.165, 1.54) is 0 Å². The summed E-state index contributed by atoms with van der Waals surface area (Å²) in [4.78, 5) is 22.3. The zero-order chi connectivity index (χ0) is 27.2. The highest BCUT2D eigenvalue weighted by atomic mass is 16.6. The van der Waals surface area contributed by atoms with E-state index in [9.17, 15) is 15.0 Å². The number of hydrogen-bond donors (Lipinski definition) is 2. The predicted octanol–water partition coefficient (Wildman–Crippen LogP) is 5.14. The molecule has 0 radical (unpaired) electrons. The van der Waals surface area contributed by atoms with Crippen LogP contribution in [0.25, 0.3) is 5.78 Å². The van der Waals surface area contributed by atoms with Crippen molar-refractivity contribution in [2.24, 2.45) is 5.92 Å². The Kier molecular flexibility index (Phi) is 6.80. The van der Waals surface area contributed by atoms with E-state index in [1.54, 1.807) is 18.4 Å². The van der Waals surface area contributed by atoms with Crippen LogP contribution in [0.2, 0.25) is 0 Å². The van der Waals surface area contributed by atoms with Crippen LogP contribution in [0.3, 0.4) is 0 Å². The molecular formula is C30H38N4O4. The highest BCUT2D eigenvalue weighted by molar-refractivity contribution is 5.90. The van der Waals surface area contributed by atoms with Crippen LogP contribution in [-0.4, -0.2) is 41.4 Å². The molecule has 2 N–H and O–H groups in total. The van der Waals surface area contributed by atoms with E-state index in [0.717, 1.165) is 60.2 Å². The molecule has 38 heavy (non-hydrogen) atoms. The number of aliphatic hydroxyl groups is 2. The van der Waals surface area contributed by atoms with Gasteiger partial charge in [-0.1, -0.05) is 31.0 Å². The molecule has 0 bridgehead atoms. The molecule has 202 valence electrons. The zero-order valence-corrected chi connectivity index (χ0v) is 23.0. The Labute approximate surface area is 223 Å². The van der Waals surface area contributed by atoms with Gasteiger partial charge in [0.25, 0.3) is 5.78 Å². The second-order valence-corrected chi connectivity index (χ2v) is 11.7. The van der Waals surface area contributed by atoms with Gasteiger partial charge in [-0.3, -0.25) is 0 Å². The van der Waals surface area contributed by atoms with Crippen LogP contribution in [0.4, 0.5) is 0 Å². The summed E-state index contributed by atoms with van der Waals surface area (Å²) in [5.41, 5.74) is 3.42. The van der Waals surface area contributed by atoms with E-state index in [4.69, 9.17) is 4.74 Å². The topological polar surface area (TPSA) is 110 Å². The number of rotatable bonds is 7. The summed E-state index contributed by atoms with van der Waals surface area (Å²) in [6, 6.07) is 8.05. The van der Waals surface area contributed by atoms with Gasteiger partial charge in [-0.25, -0.2) is 14.3 Å². The molecule has 8 heteroatoms. The van der Waals surface area contributed by atoms with Gasteiger partial charge in [0.15, 0.2) is 5.82 Å². The number of carbonyl (C=O) groups excluding carboxylic acids is 1. The Hall–Kier alpha value is -3.26. The Bertz CT molecular complexity index is 1410. The van der Waals surface area contributed by atoms with Crippen molar-refractivity contribution in [2.45, 2.75) is 97.2 Å². The number of ether oxygens (including phenoxy) is 1. The lowest BCUT2D eigenvalue weighted by atomic mass is 9.76. The van der Waals surface area contributed by atoms with Crippen molar-refractivity contribution in [1.82, 2.24) is 19.6 Å². The number of hydrogen-bond acceptors (Lipinski definition) is 7. The summed E-state index contributed by atoms with van der Waals surface area (Å²) in [5.74, 6) is 0.735. The highest BCUT2D eigenvalue weighted by Gasteiger charge is 2.48. The van der Waals surface area contributed by atoms with Gasteiger partial charge >= 0.3 is 5.97 Å². The van der Waals surface area contributed by atoms with Gasteiger partial charge < -0.3 is 14.9 Å². The number of fused-ring (bicyclic) bond motifs is 1. The van der Waals surface area contributed by atoms with Crippen LogP contribution in [0.5, 0.6) is 0 Å². The van der Waals surface area contributed by atoms with Crippen LogP contribution in [0.15, 0.2) is 35.6 Å². The maximum absolute atomic E-state index is 13.4. The second-order valence-electron chi connectivity index (χ2n) is 11.7. The van der Waals surface area contributed by atoms with E-state index in [-0.39, 0.29) is 23.7 Å². The van der Waals surface area contributed by atoms with Crippen molar-refractivity contribution in [3.63, 3.8) is 0 Å². The van der Waals surface area contributed by atoms with Gasteiger partial charge in [-0.2, -0.15) is 4.98 Å². The van der Waals surface area contributed by atoms with E-state index in [2.05, 4.69) is 21.1 Å². The van der Waals surface area contributed by atoms with Gasteiger partial charge in [0.05, 0.1) is 11.2 Å². The van der Waals surface area contributed by atoms with E-state index in [0.29, 0.717) is 24.4 Å². The molecule has 1 fully saturated rings. The van der Waals surface area contributed by atoms with Gasteiger partial charge in [0.2, 0.25) is 0 Å². The molecule has 1 saturated carbocycles. The van der Waals surface area contributed by atoms with Crippen LogP contribution in [-0.2, 0) is 28.0 Å². The average Bonchev–Trinajstić information content (AvgIpc) is 3.50. The predicted molar refractivity (Wildman–Crippen MR) is 144 cm³/mol. The van der Waals surface area contributed by atoms with E-state index in [1.807, 2.05) is 39.0 Å². The van der Waals surface area contributed by atoms with Crippen LogP contribution < -0.4 is 0 Å². The third-order valence-electron chi connectivity index (χ3n) is 8.24. The van der Waals surface area contributed by atoms with Gasteiger partial charge in [0, 0.05) is 24.2 Å². The van der Waals surface area contributed by atoms with Crippen molar-refractivity contribution in [1.29, 1.82) is 0 Å². The maximum Gasteiger partial charge on any atom is 0.338 e. The first-order valence-corrected chi connectivity index (χ1v) is 13.6. The monoisotopic (exact) mass is 518 g/mol. The van der Waals surface area contributed by atoms with Crippen molar-refractivity contribution in [3.8, 4) is 0 Å². The normalized spacial score (nSPS) is 20.9. The molecule has 1 aliphatic heterocycles. The fourth-order valence-electron chi connectivity index (χ4n) is 6.35. The van der Waals surface area contributed by atoms with Crippen LogP contribution in [0, 0.1) is 26.7 Å². The molecule has 0 amide bonds. The fourth-order valence-corrected chi connectivity index (χ4v) is 6.35. The van der Waals surface area contributed by atoms with E-state index < -0.39 is 17.2 Å². The van der Waals surface area contributed by atoms with E-state index >= 15 is 0 Å². The van der Waals surface area contributed by atoms with Crippen LogP contribution in [0.1, 0.15) is 86.3 Å². The Morgan fingerprint density at radius 3 is 2.53 bits per heavy atom. The lowest BCUT2D eigenvalue weighted by Crippen LogP contribution is -2.46. The number of benzene rings is 1. The van der Waals surface area contributed by atoms with Gasteiger partial charge in [-0.15, -0.1) is 5.10 Å². The molecule has 1 aromatic carbocycles. The quantitative estimate of drug-likeness (QED) is 0.417. The minimum atomic E-state index is -0.900. The molecule has 1 unspecified atom stereocenters. The summed E-state index contributed by atoms with van der Waals surface area (Å²) in [7, 11) is 0. The summed E-state index contributed by atoms with van der Waals surface area (Å²) < 4.78 is 7.94. The molecule has 1 aliphatic carbocycles. The largest absolute Gasteiger partial charge is 0.512 e. The molecule has 0 spiro atoms. The fraction of sp³-hybridized carbons (Fsp3) is 0.533. The molecule has 3 aromatic rings. The Balaban J connectivity index is 1.39. The lowest BCUT2D eigenvalue weighted by molar-refractivity contribution is -0.167. The van der Waals surface area contributed by atoms with Gasteiger partial charge in [-0.05, 0) is 89.0 Å². The highest BCUT2D eigenvalue weighted by Crippen LogP contribution is 2.46. The summed E-state index contributed by atoms with van der Waals surface area (Å²) in [5, 5.41) is 26.2. The average molecular weight is 519 g/mol. The minimum Gasteiger partial charge on any atom is -0.512 e. The molecule has 5 rings (SSSR count). The standard InChI is InChI=1S/C30H38N4O4/c1-18-14-21(10-11-24(18)29(4,5)37)12-13-30(22-8-6-7-9-22)17-25(35)23(27(36)38-30)16-26-32-28-31-19(2)15-20(3)34(28)33-26/h10-11,14-15,22,35,37H,6-9,12-13,16-17H2,1-5H3. The Morgan fingerprint density at radius 2 is 1.87 bits per heavy atom. The van der Waals surface area contributed by atoms with Crippen LogP contribution >= 0.6 is 0 Å². The number of nitrogens with zero attached hydrogens (tertiary/aromatic N) is 4. The minimum absolute atomic E-state index is 0.0847. The lowest BCUT2D eigenvalue weighted by Gasteiger charge is -2.42. The third kappa shape index (κ3) is 5.06. The second kappa shape index (κ2) is 9.80. The number of carbonyl (C=O) groups is 1. The van der Waals surface area contributed by atoms with Gasteiger partial charge in [0.1, 0.15) is 11.4 Å². The van der Waals surface area contributed by atoms with Crippen molar-refractivity contribution in [2.75, 3.05) is 0 Å². The number of aliphatic hydroxyl groups excluding tert-OH is 1. The van der Waals surface area contributed by atoms with Crippen molar-refractivity contribution >= 4 is 11.7 Å². The molecular weight excluding hydrogens is 480 g/mol. The first kappa shape index (κ1) is 26.4. The summed E-state index contributed by atoms with van der Waals surface area (Å²) >= 11 is 0. The first-order valence-electron chi connectivity index (χ1n) is 13.6. The molecule has 2 aliphatic rings. The summed E-state index contributed by atoms with van der Waals surface area (Å²) in [6.45, 7) is 9.43. The number of esters is 1. The maximum atomic E-state index is 13.4. The summed E-state index contributed by atoms with van der Waals surface area (Å²) in [6.07, 6.45) is 5.97. The molecule has 1 atom stereocenters. The zero-order valence-electron chi connectivity index (χ0n) is 23.0. The van der Waals surface area contributed by atoms with Crippen molar-refractivity contribution < 1.29 is 19.7 Å². The smallest absolute Gasteiger partial charge is 0.338 e. The molecule has 2 aromatic heterocycles. The molecule has 8 nitrogen and oxygen atoms in total. The van der Waals surface area contributed by atoms with Crippen molar-refractivity contribution in [3.05, 3.63) is 69.5 Å². The number of cyclic esters (lactones) is 1. The SMILES string of the molecule is Cc1cc(C)n2nc(CC3=C(O)CC(CCc4ccc(C(C)(C)O)c(C)c4)(C4CCCC4)OC3=O)nc2n1. The Morgan fingerprint density at radius 1 is 1.13 bits per heavy atom. The molecule has 3 heterocycles. The third-order valence-corrected chi connectivity index (χ3v) is 8.24. The number of aryl methyl sites for hydroxylation is 4. The number of aromatic nitrogens is 4. The first-order chi connectivity index (χ1) is 17.9. The molecule has 0 saturated heterocycles.